The fourth-order valence-electron chi connectivity index (χ4n) is 4.63. The molecule has 26 heavy (non-hydrogen) atoms. The van der Waals surface area contributed by atoms with E-state index in [1.807, 2.05) is 36.1 Å². The van der Waals surface area contributed by atoms with Crippen LogP contribution in [0, 0.1) is 0 Å². The Morgan fingerprint density at radius 2 is 2.12 bits per heavy atom. The van der Waals surface area contributed by atoms with Gasteiger partial charge in [-0.05, 0) is 37.5 Å². The van der Waals surface area contributed by atoms with Crippen molar-refractivity contribution in [2.24, 2.45) is 0 Å². The number of hydrogen-bond acceptors (Lipinski definition) is 3. The van der Waals surface area contributed by atoms with Crippen LogP contribution in [0.3, 0.4) is 0 Å². The molecular weight excluding hydrogens is 328 g/mol. The number of rotatable bonds is 4. The van der Waals surface area contributed by atoms with E-state index in [0.29, 0.717) is 25.2 Å². The van der Waals surface area contributed by atoms with E-state index in [1.54, 1.807) is 16.9 Å². The van der Waals surface area contributed by atoms with Crippen LogP contribution in [0.15, 0.2) is 36.5 Å². The first kappa shape index (κ1) is 16.8. The van der Waals surface area contributed by atoms with Crippen LogP contribution < -0.4 is 5.32 Å². The summed E-state index contributed by atoms with van der Waals surface area (Å²) in [5, 5.41) is 7.27. The zero-order valence-electron chi connectivity index (χ0n) is 15.2. The van der Waals surface area contributed by atoms with Crippen molar-refractivity contribution in [3.05, 3.63) is 47.8 Å². The maximum Gasteiger partial charge on any atom is 0.272 e. The van der Waals surface area contributed by atoms with Crippen LogP contribution in [0.1, 0.15) is 49.2 Å². The average Bonchev–Trinajstić information content (AvgIpc) is 3.33. The van der Waals surface area contributed by atoms with Crippen LogP contribution in [0.25, 0.3) is 0 Å². The van der Waals surface area contributed by atoms with Gasteiger partial charge in [0.05, 0.1) is 11.5 Å². The van der Waals surface area contributed by atoms with Crippen LogP contribution in [-0.2, 0) is 16.8 Å². The summed E-state index contributed by atoms with van der Waals surface area (Å²) in [5.74, 6) is -0.00620. The van der Waals surface area contributed by atoms with E-state index < -0.39 is 5.41 Å². The number of benzene rings is 1. The molecule has 6 heteroatoms. The Kier molecular flexibility index (Phi) is 4.05. The number of amides is 2. The van der Waals surface area contributed by atoms with Crippen molar-refractivity contribution in [1.82, 2.24) is 14.7 Å². The molecule has 2 aliphatic heterocycles. The van der Waals surface area contributed by atoms with Gasteiger partial charge in [0.25, 0.3) is 5.91 Å². The molecule has 6 nitrogen and oxygen atoms in total. The predicted octanol–water partition coefficient (Wildman–Crippen LogP) is 2.81. The van der Waals surface area contributed by atoms with Crippen molar-refractivity contribution < 1.29 is 9.59 Å². The van der Waals surface area contributed by atoms with Crippen molar-refractivity contribution in [1.29, 1.82) is 0 Å². The summed E-state index contributed by atoms with van der Waals surface area (Å²) in [6.07, 6.45) is 4.04. The topological polar surface area (TPSA) is 67.2 Å². The second kappa shape index (κ2) is 6.27. The number of fused-ring (bicyclic) bond motifs is 2. The SMILES string of the molecule is CCC[C@@H]1N(C(=O)c2ccnn2CC)CC[C@]12C(=O)Nc1ccccc12. The number of carbonyl (C=O) groups excluding carboxylic acids is 2. The van der Waals surface area contributed by atoms with Crippen LogP contribution in [0.5, 0.6) is 0 Å². The number of aromatic nitrogens is 2. The molecule has 0 radical (unpaired) electrons. The highest BCUT2D eigenvalue weighted by Crippen LogP contribution is 2.49. The highest BCUT2D eigenvalue weighted by molar-refractivity contribution is 6.08. The molecule has 1 fully saturated rings. The summed E-state index contributed by atoms with van der Waals surface area (Å²) >= 11 is 0. The fraction of sp³-hybridized carbons (Fsp3) is 0.450. The standard InChI is InChI=1S/C20H24N4O2/c1-3-7-17-20(14-8-5-6-9-15(14)22-19(20)26)11-13-23(17)18(25)16-10-12-21-24(16)4-2/h5-6,8-10,12,17H,3-4,7,11,13H2,1-2H3,(H,22,26)/t17-,20+/m0/s1. The summed E-state index contributed by atoms with van der Waals surface area (Å²) in [6.45, 7) is 5.30. The Morgan fingerprint density at radius 3 is 2.88 bits per heavy atom. The van der Waals surface area contributed by atoms with Gasteiger partial charge >= 0.3 is 0 Å². The van der Waals surface area contributed by atoms with Gasteiger partial charge in [-0.25, -0.2) is 0 Å². The van der Waals surface area contributed by atoms with Crippen LogP contribution in [-0.4, -0.2) is 39.1 Å². The van der Waals surface area contributed by atoms with Crippen LogP contribution in [0.2, 0.25) is 0 Å². The lowest BCUT2D eigenvalue weighted by atomic mass is 9.73. The summed E-state index contributed by atoms with van der Waals surface area (Å²) in [5.41, 5.74) is 1.87. The van der Waals surface area contributed by atoms with E-state index in [0.717, 1.165) is 24.1 Å². The minimum atomic E-state index is -0.640. The molecule has 1 saturated heterocycles. The molecule has 0 aliphatic carbocycles. The first-order valence-corrected chi connectivity index (χ1v) is 9.37. The van der Waals surface area contributed by atoms with Gasteiger partial charge in [-0.3, -0.25) is 14.3 Å². The summed E-state index contributed by atoms with van der Waals surface area (Å²) < 4.78 is 1.72. The second-order valence-electron chi connectivity index (χ2n) is 7.06. The van der Waals surface area contributed by atoms with Gasteiger partial charge in [0, 0.05) is 25.0 Å². The van der Waals surface area contributed by atoms with Gasteiger partial charge < -0.3 is 10.2 Å². The molecule has 1 aromatic heterocycles. The number of likely N-dealkylation sites (tertiary alicyclic amines) is 1. The van der Waals surface area contributed by atoms with Gasteiger partial charge in [-0.2, -0.15) is 5.10 Å². The average molecular weight is 352 g/mol. The minimum absolute atomic E-state index is 0.0245. The van der Waals surface area contributed by atoms with Gasteiger partial charge in [-0.1, -0.05) is 31.5 Å². The highest BCUT2D eigenvalue weighted by Gasteiger charge is 2.58. The number of hydrogen-bond donors (Lipinski definition) is 1. The van der Waals surface area contributed by atoms with Gasteiger partial charge in [0.1, 0.15) is 5.69 Å². The third kappa shape index (κ3) is 2.21. The Labute approximate surface area is 153 Å². The van der Waals surface area contributed by atoms with Gasteiger partial charge in [0.15, 0.2) is 0 Å². The normalized spacial score (nSPS) is 24.2. The second-order valence-corrected chi connectivity index (χ2v) is 7.06. The maximum absolute atomic E-state index is 13.3. The molecule has 2 aliphatic rings. The third-order valence-corrected chi connectivity index (χ3v) is 5.81. The number of aryl methyl sites for hydroxylation is 1. The highest BCUT2D eigenvalue weighted by atomic mass is 16.2. The first-order valence-electron chi connectivity index (χ1n) is 9.37. The first-order chi connectivity index (χ1) is 12.6. The van der Waals surface area contributed by atoms with Crippen molar-refractivity contribution in [2.45, 2.75) is 51.1 Å². The molecule has 2 amide bonds. The summed E-state index contributed by atoms with van der Waals surface area (Å²) in [7, 11) is 0. The molecule has 4 rings (SSSR count). The quantitative estimate of drug-likeness (QED) is 0.920. The molecule has 2 aromatic rings. The predicted molar refractivity (Wildman–Crippen MR) is 99.0 cm³/mol. The number of anilines is 1. The molecule has 1 spiro atoms. The Balaban J connectivity index is 1.76. The lowest BCUT2D eigenvalue weighted by molar-refractivity contribution is -0.121. The number of nitrogens with one attached hydrogen (secondary N) is 1. The lowest BCUT2D eigenvalue weighted by Crippen LogP contribution is -2.49. The van der Waals surface area contributed by atoms with E-state index in [2.05, 4.69) is 17.3 Å². The molecule has 1 aromatic carbocycles. The molecule has 0 bridgehead atoms. The zero-order valence-corrected chi connectivity index (χ0v) is 15.2. The molecule has 1 N–H and O–H groups in total. The van der Waals surface area contributed by atoms with E-state index in [-0.39, 0.29) is 17.9 Å². The van der Waals surface area contributed by atoms with E-state index in [1.165, 1.54) is 0 Å². The van der Waals surface area contributed by atoms with Crippen molar-refractivity contribution in [2.75, 3.05) is 11.9 Å². The van der Waals surface area contributed by atoms with Crippen molar-refractivity contribution in [3.63, 3.8) is 0 Å². The molecular formula is C20H24N4O2. The minimum Gasteiger partial charge on any atom is -0.333 e. The Bertz CT molecular complexity index is 859. The summed E-state index contributed by atoms with van der Waals surface area (Å²) in [4.78, 5) is 28.2. The smallest absolute Gasteiger partial charge is 0.272 e. The number of carbonyl (C=O) groups is 2. The van der Waals surface area contributed by atoms with E-state index in [9.17, 15) is 9.59 Å². The third-order valence-electron chi connectivity index (χ3n) is 5.81. The molecule has 0 unspecified atom stereocenters. The van der Waals surface area contributed by atoms with Crippen molar-refractivity contribution >= 4 is 17.5 Å². The van der Waals surface area contributed by atoms with Crippen LogP contribution >= 0.6 is 0 Å². The number of nitrogens with zero attached hydrogens (tertiary/aromatic N) is 3. The zero-order chi connectivity index (χ0) is 18.3. The summed E-state index contributed by atoms with van der Waals surface area (Å²) in [6, 6.07) is 9.51. The molecule has 2 atom stereocenters. The van der Waals surface area contributed by atoms with E-state index in [4.69, 9.17) is 0 Å². The largest absolute Gasteiger partial charge is 0.333 e. The Morgan fingerprint density at radius 1 is 1.31 bits per heavy atom. The van der Waals surface area contributed by atoms with Crippen LogP contribution in [0.4, 0.5) is 5.69 Å². The van der Waals surface area contributed by atoms with E-state index >= 15 is 0 Å². The van der Waals surface area contributed by atoms with Gasteiger partial charge in [0.2, 0.25) is 5.91 Å². The van der Waals surface area contributed by atoms with Gasteiger partial charge in [-0.15, -0.1) is 0 Å². The number of para-hydroxylation sites is 1. The molecule has 3 heterocycles. The fourth-order valence-corrected chi connectivity index (χ4v) is 4.63. The Hall–Kier alpha value is -2.63. The maximum atomic E-state index is 13.3. The molecule has 136 valence electrons. The lowest BCUT2D eigenvalue weighted by Gasteiger charge is -2.34. The monoisotopic (exact) mass is 352 g/mol. The van der Waals surface area contributed by atoms with Crippen molar-refractivity contribution in [3.8, 4) is 0 Å². The molecule has 0 saturated carbocycles.